The number of ether oxygens (including phenoxy) is 2. The van der Waals surface area contributed by atoms with E-state index in [2.05, 4.69) is 0 Å². The van der Waals surface area contributed by atoms with Crippen LogP contribution in [0.3, 0.4) is 0 Å². The van der Waals surface area contributed by atoms with Gasteiger partial charge in [-0.15, -0.1) is 0 Å². The summed E-state index contributed by atoms with van der Waals surface area (Å²) in [6.07, 6.45) is 1.20. The lowest BCUT2D eigenvalue weighted by molar-refractivity contribution is 0.0241. The highest BCUT2D eigenvalue weighted by atomic mass is 16.6. The van der Waals surface area contributed by atoms with Crippen LogP contribution in [-0.2, 0) is 9.47 Å². The Morgan fingerprint density at radius 3 is 2.40 bits per heavy atom. The quantitative estimate of drug-likeness (QED) is 0.329. The first-order valence-corrected chi connectivity index (χ1v) is 5.11. The summed E-state index contributed by atoms with van der Waals surface area (Å²) in [5.41, 5.74) is -0.499. The summed E-state index contributed by atoms with van der Waals surface area (Å²) >= 11 is 0. The number of methoxy groups -OCH3 is 1. The first-order valence-electron chi connectivity index (χ1n) is 5.11. The fourth-order valence-corrected chi connectivity index (χ4v) is 0.940. The predicted octanol–water partition coefficient (Wildman–Crippen LogP) is 1.52. The van der Waals surface area contributed by atoms with Crippen LogP contribution in [0.15, 0.2) is 0 Å². The second-order valence-electron chi connectivity index (χ2n) is 4.37. The summed E-state index contributed by atoms with van der Waals surface area (Å²) < 4.78 is 9.98. The van der Waals surface area contributed by atoms with Gasteiger partial charge >= 0.3 is 6.09 Å². The summed E-state index contributed by atoms with van der Waals surface area (Å²) in [5, 5.41) is 1.10. The van der Waals surface area contributed by atoms with Crippen molar-refractivity contribution in [2.75, 3.05) is 20.3 Å². The molecule has 15 heavy (non-hydrogen) atoms. The van der Waals surface area contributed by atoms with Gasteiger partial charge in [0.1, 0.15) is 5.60 Å². The van der Waals surface area contributed by atoms with Crippen molar-refractivity contribution in [3.8, 4) is 0 Å². The lowest BCUT2D eigenvalue weighted by Gasteiger charge is -2.24. The van der Waals surface area contributed by atoms with Crippen LogP contribution < -0.4 is 5.84 Å². The van der Waals surface area contributed by atoms with E-state index in [1.807, 2.05) is 20.8 Å². The standard InChI is InChI=1S/C10H22N2O3/c1-10(2,3)15-9(13)12(11)7-5-6-8-14-4/h5-8,11H2,1-4H3. The van der Waals surface area contributed by atoms with Gasteiger partial charge in [-0.2, -0.15) is 0 Å². The molecule has 0 aromatic carbocycles. The fraction of sp³-hybridized carbons (Fsp3) is 0.900. The van der Waals surface area contributed by atoms with Crippen molar-refractivity contribution < 1.29 is 14.3 Å². The third-order valence-electron chi connectivity index (χ3n) is 1.63. The molecule has 0 spiro atoms. The number of nitrogens with zero attached hydrogens (tertiary/aromatic N) is 1. The van der Waals surface area contributed by atoms with Gasteiger partial charge in [0.15, 0.2) is 0 Å². The molecule has 5 nitrogen and oxygen atoms in total. The Labute approximate surface area is 91.5 Å². The maximum atomic E-state index is 11.4. The van der Waals surface area contributed by atoms with Crippen molar-refractivity contribution in [3.05, 3.63) is 0 Å². The van der Waals surface area contributed by atoms with Gasteiger partial charge in [-0.05, 0) is 33.6 Å². The number of carbonyl (C=O) groups excluding carboxylic acids is 1. The van der Waals surface area contributed by atoms with Gasteiger partial charge in [0.2, 0.25) is 0 Å². The molecule has 0 saturated heterocycles. The number of hydrazine groups is 1. The van der Waals surface area contributed by atoms with Gasteiger partial charge in [0.25, 0.3) is 0 Å². The molecular formula is C10H22N2O3. The molecule has 0 rings (SSSR count). The van der Waals surface area contributed by atoms with Gasteiger partial charge in [-0.1, -0.05) is 0 Å². The minimum absolute atomic E-state index is 0.484. The van der Waals surface area contributed by atoms with Gasteiger partial charge in [0, 0.05) is 20.3 Å². The normalized spacial score (nSPS) is 11.3. The summed E-state index contributed by atoms with van der Waals surface area (Å²) in [5.74, 6) is 5.52. The maximum Gasteiger partial charge on any atom is 0.424 e. The molecule has 0 atom stereocenters. The molecule has 1 amide bonds. The molecule has 0 aromatic rings. The average Bonchev–Trinajstić information content (AvgIpc) is 2.09. The minimum Gasteiger partial charge on any atom is -0.443 e. The van der Waals surface area contributed by atoms with Gasteiger partial charge in [-0.3, -0.25) is 0 Å². The van der Waals surface area contributed by atoms with E-state index in [9.17, 15) is 4.79 Å². The highest BCUT2D eigenvalue weighted by molar-refractivity contribution is 5.67. The Kier molecular flexibility index (Phi) is 6.27. The molecule has 5 heteroatoms. The van der Waals surface area contributed by atoms with Crippen LogP contribution in [0.25, 0.3) is 0 Å². The Balaban J connectivity index is 3.70. The van der Waals surface area contributed by atoms with Crippen molar-refractivity contribution >= 4 is 6.09 Å². The number of carbonyl (C=O) groups is 1. The third kappa shape index (κ3) is 8.20. The number of amides is 1. The Bertz CT molecular complexity index is 190. The maximum absolute atomic E-state index is 11.4. The number of unbranched alkanes of at least 4 members (excludes halogenated alkanes) is 1. The zero-order chi connectivity index (χ0) is 11.9. The van der Waals surface area contributed by atoms with Crippen LogP contribution >= 0.6 is 0 Å². The van der Waals surface area contributed by atoms with Crippen molar-refractivity contribution in [1.29, 1.82) is 0 Å². The lowest BCUT2D eigenvalue weighted by atomic mass is 10.2. The van der Waals surface area contributed by atoms with Crippen LogP contribution in [0.5, 0.6) is 0 Å². The first kappa shape index (κ1) is 14.2. The molecule has 0 aromatic heterocycles. The van der Waals surface area contributed by atoms with Crippen molar-refractivity contribution in [2.24, 2.45) is 5.84 Å². The molecule has 0 heterocycles. The molecule has 0 aliphatic heterocycles. The summed E-state index contributed by atoms with van der Waals surface area (Å²) in [7, 11) is 1.65. The van der Waals surface area contributed by atoms with E-state index in [1.165, 1.54) is 0 Å². The van der Waals surface area contributed by atoms with Crippen LogP contribution in [0, 0.1) is 0 Å². The summed E-state index contributed by atoms with van der Waals surface area (Å²) in [6, 6.07) is 0. The van der Waals surface area contributed by atoms with Gasteiger partial charge in [-0.25, -0.2) is 15.6 Å². The third-order valence-corrected chi connectivity index (χ3v) is 1.63. The highest BCUT2D eigenvalue weighted by Gasteiger charge is 2.19. The molecule has 90 valence electrons. The first-order chi connectivity index (χ1) is 6.87. The van der Waals surface area contributed by atoms with E-state index in [4.69, 9.17) is 15.3 Å². The molecule has 0 aliphatic carbocycles. The molecular weight excluding hydrogens is 196 g/mol. The van der Waals surface area contributed by atoms with Crippen LogP contribution in [0.4, 0.5) is 4.79 Å². The van der Waals surface area contributed by atoms with Gasteiger partial charge < -0.3 is 9.47 Å². The summed E-state index contributed by atoms with van der Waals surface area (Å²) in [6.45, 7) is 6.59. The molecule has 0 bridgehead atoms. The molecule has 0 unspecified atom stereocenters. The molecule has 0 saturated carbocycles. The molecule has 0 fully saturated rings. The highest BCUT2D eigenvalue weighted by Crippen LogP contribution is 2.08. The van der Waals surface area contributed by atoms with E-state index < -0.39 is 11.7 Å². The van der Waals surface area contributed by atoms with Crippen molar-refractivity contribution in [2.45, 2.75) is 39.2 Å². The van der Waals surface area contributed by atoms with E-state index >= 15 is 0 Å². The van der Waals surface area contributed by atoms with Crippen LogP contribution in [0.2, 0.25) is 0 Å². The minimum atomic E-state index is -0.499. The molecule has 0 aliphatic rings. The zero-order valence-electron chi connectivity index (χ0n) is 10.1. The number of hydrogen-bond donors (Lipinski definition) is 1. The van der Waals surface area contributed by atoms with Crippen LogP contribution in [0.1, 0.15) is 33.6 Å². The number of rotatable bonds is 5. The van der Waals surface area contributed by atoms with E-state index in [1.54, 1.807) is 7.11 Å². The molecule has 2 N–H and O–H groups in total. The number of nitrogens with two attached hydrogens (primary N) is 1. The molecule has 0 radical (unpaired) electrons. The average molecular weight is 218 g/mol. The van der Waals surface area contributed by atoms with Crippen LogP contribution in [-0.4, -0.2) is 37.0 Å². The van der Waals surface area contributed by atoms with Crippen molar-refractivity contribution in [3.63, 3.8) is 0 Å². The van der Waals surface area contributed by atoms with Gasteiger partial charge in [0.05, 0.1) is 0 Å². The Hall–Kier alpha value is -0.810. The van der Waals surface area contributed by atoms with Crippen molar-refractivity contribution in [1.82, 2.24) is 5.01 Å². The topological polar surface area (TPSA) is 64.8 Å². The number of hydrogen-bond acceptors (Lipinski definition) is 4. The second kappa shape index (κ2) is 6.63. The smallest absolute Gasteiger partial charge is 0.424 e. The predicted molar refractivity (Wildman–Crippen MR) is 58.2 cm³/mol. The lowest BCUT2D eigenvalue weighted by Crippen LogP contribution is -2.42. The SMILES string of the molecule is COCCCCN(N)C(=O)OC(C)(C)C. The fourth-order valence-electron chi connectivity index (χ4n) is 0.940. The van der Waals surface area contributed by atoms with E-state index in [0.717, 1.165) is 17.9 Å². The monoisotopic (exact) mass is 218 g/mol. The zero-order valence-corrected chi connectivity index (χ0v) is 10.1. The van der Waals surface area contributed by atoms with E-state index in [-0.39, 0.29) is 0 Å². The Morgan fingerprint density at radius 2 is 1.93 bits per heavy atom. The largest absolute Gasteiger partial charge is 0.443 e. The Morgan fingerprint density at radius 1 is 1.33 bits per heavy atom. The van der Waals surface area contributed by atoms with E-state index in [0.29, 0.717) is 13.2 Å². The summed E-state index contributed by atoms with van der Waals surface area (Å²) in [4.78, 5) is 11.4. The second-order valence-corrected chi connectivity index (χ2v) is 4.37.